The van der Waals surface area contributed by atoms with Gasteiger partial charge >= 0.3 is 0 Å². The van der Waals surface area contributed by atoms with Gasteiger partial charge in [-0.3, -0.25) is 18.2 Å². The molecule has 0 aliphatic carbocycles. The Hall–Kier alpha value is 0.500. The fourth-order valence-electron chi connectivity index (χ4n) is 0. The minimum Gasteiger partial charge on any atom is -0.412 e. The topological polar surface area (TPSA) is 178 Å². The lowest BCUT2D eigenvalue weighted by atomic mass is 15.8. The molecule has 0 saturated heterocycles. The van der Waals surface area contributed by atoms with E-state index < -0.39 is 18.1 Å². The van der Waals surface area contributed by atoms with Crippen LogP contribution >= 0.6 is 0 Å². The molecule has 0 heterocycles. The molecule has 0 radical (unpaired) electrons. The van der Waals surface area contributed by atoms with Gasteiger partial charge in [0.25, 0.3) is 18.1 Å². The van der Waals surface area contributed by atoms with E-state index in [0.717, 1.165) is 0 Å². The van der Waals surface area contributed by atoms with Crippen LogP contribution < -0.4 is 0 Å². The highest BCUT2D eigenvalue weighted by molar-refractivity contribution is 8.26. The zero-order valence-corrected chi connectivity index (χ0v) is 8.50. The lowest BCUT2D eigenvalue weighted by molar-refractivity contribution is 0.448. The second kappa shape index (κ2) is 8.11. The first-order valence-electron chi connectivity index (χ1n) is 1.40. The van der Waals surface area contributed by atoms with Gasteiger partial charge in [0.05, 0.1) is 0 Å². The second-order valence-electron chi connectivity index (χ2n) is 0.896. The summed E-state index contributed by atoms with van der Waals surface area (Å²) < 4.78 is 47.9. The third kappa shape index (κ3) is 3790. The molecule has 0 rings (SSSR count). The van der Waals surface area contributed by atoms with E-state index in [2.05, 4.69) is 22.4 Å². The molecule has 0 aliphatic heterocycles. The van der Waals surface area contributed by atoms with E-state index in [1.54, 1.807) is 0 Å². The molecule has 8 N–H and O–H groups in total. The quantitative estimate of drug-likeness (QED) is 0.377. The first kappa shape index (κ1) is 22.9. The molecule has 0 aromatic carbocycles. The zero-order valence-electron chi connectivity index (χ0n) is 5.24. The van der Waals surface area contributed by atoms with Gasteiger partial charge in [0.2, 0.25) is 0 Å². The maximum absolute atomic E-state index is 9.11. The number of hydrogen-bond donors (Lipinski definition) is 4. The zero-order chi connectivity index (χ0) is 9.00. The summed E-state index contributed by atoms with van der Waals surface area (Å²) in [4.78, 5) is 0. The summed E-state index contributed by atoms with van der Waals surface area (Å²) in [7, 11) is -7.67. The van der Waals surface area contributed by atoms with Crippen LogP contribution in [0.25, 0.3) is 0 Å². The standard InChI is InChI=1S/2H2O3S2.2H2O/c2*1-5(2,3)4;;/h2*(H2,1,2,3,4);2*1H2. The van der Waals surface area contributed by atoms with Crippen LogP contribution in [0, 0.1) is 0 Å². The lowest BCUT2D eigenvalue weighted by Gasteiger charge is -1.73. The van der Waals surface area contributed by atoms with Crippen molar-refractivity contribution in [1.29, 1.82) is 0 Å². The van der Waals surface area contributed by atoms with Crippen LogP contribution in [0.1, 0.15) is 0 Å². The molecule has 0 aliphatic rings. The van der Waals surface area contributed by atoms with Crippen molar-refractivity contribution in [1.82, 2.24) is 0 Å². The molecule has 12 heavy (non-hydrogen) atoms. The van der Waals surface area contributed by atoms with E-state index in [9.17, 15) is 0 Å². The molecule has 80 valence electrons. The Kier molecular flexibility index (Phi) is 15.5. The van der Waals surface area contributed by atoms with E-state index in [1.165, 1.54) is 0 Å². The van der Waals surface area contributed by atoms with E-state index in [0.29, 0.717) is 0 Å². The summed E-state index contributed by atoms with van der Waals surface area (Å²) in [6, 6.07) is 0. The molecule has 12 heteroatoms. The van der Waals surface area contributed by atoms with Crippen molar-refractivity contribution < 1.29 is 37.6 Å². The molecular weight excluding hydrogens is 256 g/mol. The maximum atomic E-state index is 9.11. The highest BCUT2D eigenvalue weighted by atomic mass is 32.9. The van der Waals surface area contributed by atoms with Gasteiger partial charge in [-0.25, -0.2) is 0 Å². The lowest BCUT2D eigenvalue weighted by Crippen LogP contribution is -1.86. The molecule has 0 unspecified atom stereocenters. The number of hydrogen-bond acceptors (Lipinski definition) is 4. The van der Waals surface area contributed by atoms with Crippen LogP contribution in [0.3, 0.4) is 0 Å². The van der Waals surface area contributed by atoms with Crippen molar-refractivity contribution in [2.45, 2.75) is 0 Å². The molecule has 0 amide bonds. The van der Waals surface area contributed by atoms with Crippen LogP contribution in [-0.2, 0) is 40.5 Å². The fourth-order valence-corrected chi connectivity index (χ4v) is 0. The second-order valence-corrected chi connectivity index (χ2v) is 5.29. The van der Waals surface area contributed by atoms with E-state index in [4.69, 9.17) is 26.6 Å². The maximum Gasteiger partial charge on any atom is 0.263 e. The smallest absolute Gasteiger partial charge is 0.263 e. The summed E-state index contributed by atoms with van der Waals surface area (Å²) >= 11 is 6.93. The van der Waals surface area contributed by atoms with Gasteiger partial charge in [-0.05, 0) is 0 Å². The van der Waals surface area contributed by atoms with Gasteiger partial charge in [0.1, 0.15) is 0 Å². The Morgan fingerprint density at radius 2 is 0.750 bits per heavy atom. The fraction of sp³-hybridized carbons (Fsp3) is 0. The summed E-state index contributed by atoms with van der Waals surface area (Å²) in [6.07, 6.45) is 0. The van der Waals surface area contributed by atoms with Gasteiger partial charge in [-0.2, -0.15) is 8.42 Å². The van der Waals surface area contributed by atoms with Gasteiger partial charge in [0.15, 0.2) is 0 Å². The third-order valence-electron chi connectivity index (χ3n) is 0. The Balaban J connectivity index is -0.0000000457. The summed E-state index contributed by atoms with van der Waals surface area (Å²) in [5.74, 6) is 0. The molecule has 0 aromatic heterocycles. The van der Waals surface area contributed by atoms with Crippen molar-refractivity contribution in [3.63, 3.8) is 0 Å². The average molecular weight is 264 g/mol. The van der Waals surface area contributed by atoms with E-state index in [1.807, 2.05) is 0 Å². The number of rotatable bonds is 0. The molecule has 0 saturated carbocycles. The Labute approximate surface area is 78.3 Å². The molecule has 8 nitrogen and oxygen atoms in total. The molecule has 0 bridgehead atoms. The molecular formula is H8O8S4. The Morgan fingerprint density at radius 3 is 0.750 bits per heavy atom. The van der Waals surface area contributed by atoms with Crippen molar-refractivity contribution in [3.05, 3.63) is 0 Å². The highest BCUT2D eigenvalue weighted by Crippen LogP contribution is 1.62. The van der Waals surface area contributed by atoms with Gasteiger partial charge in [0, 0.05) is 22.4 Å². The molecule has 0 spiro atoms. The first-order chi connectivity index (χ1) is 4.00. The summed E-state index contributed by atoms with van der Waals surface area (Å²) in [5, 5.41) is 0. The van der Waals surface area contributed by atoms with Crippen molar-refractivity contribution in [2.24, 2.45) is 0 Å². The molecule has 0 aromatic rings. The van der Waals surface area contributed by atoms with E-state index >= 15 is 0 Å². The monoisotopic (exact) mass is 264 g/mol. The predicted octanol–water partition coefficient (Wildman–Crippen LogP) is -2.29. The molecule has 0 atom stereocenters. The van der Waals surface area contributed by atoms with E-state index in [-0.39, 0.29) is 11.0 Å². The van der Waals surface area contributed by atoms with Gasteiger partial charge < -0.3 is 11.0 Å². The van der Waals surface area contributed by atoms with Crippen LogP contribution in [-0.4, -0.2) is 37.6 Å². The Bertz CT molecular complexity index is 207. The minimum absolute atomic E-state index is 0. The van der Waals surface area contributed by atoms with Gasteiger partial charge in [-0.15, -0.1) is 0 Å². The first-order valence-corrected chi connectivity index (χ1v) is 6.19. The van der Waals surface area contributed by atoms with Crippen molar-refractivity contribution in [2.75, 3.05) is 0 Å². The predicted molar refractivity (Wildman–Crippen MR) is 48.8 cm³/mol. The van der Waals surface area contributed by atoms with Crippen LogP contribution in [0.15, 0.2) is 0 Å². The Morgan fingerprint density at radius 1 is 0.750 bits per heavy atom. The van der Waals surface area contributed by atoms with Crippen molar-refractivity contribution in [3.8, 4) is 0 Å². The highest BCUT2D eigenvalue weighted by Gasteiger charge is 1.78. The third-order valence-corrected chi connectivity index (χ3v) is 0. The van der Waals surface area contributed by atoms with Crippen LogP contribution in [0.2, 0.25) is 0 Å². The van der Waals surface area contributed by atoms with Crippen molar-refractivity contribution >= 4 is 40.5 Å². The van der Waals surface area contributed by atoms with Crippen LogP contribution in [0.4, 0.5) is 0 Å². The average Bonchev–Trinajstić information content (AvgIpc) is 1.12. The SMILES string of the molecule is O.O.O=S(O)(O)=S.O=S(O)(O)=S. The summed E-state index contributed by atoms with van der Waals surface area (Å²) in [5.41, 5.74) is 0. The van der Waals surface area contributed by atoms with Crippen LogP contribution in [0.5, 0.6) is 0 Å². The van der Waals surface area contributed by atoms with Gasteiger partial charge in [-0.1, -0.05) is 0 Å². The normalized spacial score (nSPS) is 9.67. The summed E-state index contributed by atoms with van der Waals surface area (Å²) in [6.45, 7) is 0. The largest absolute Gasteiger partial charge is 0.412 e. The molecule has 0 fully saturated rings. The minimum atomic E-state index is -3.83.